The number of hydrogen-bond donors (Lipinski definition) is 2. The molecule has 0 aliphatic rings. The van der Waals surface area contributed by atoms with Gasteiger partial charge in [0.15, 0.2) is 0 Å². The number of ether oxygens (including phenoxy) is 1. The number of carbonyl (C=O) groups excluding carboxylic acids is 2. The third kappa shape index (κ3) is 3.92. The van der Waals surface area contributed by atoms with Gasteiger partial charge in [-0.05, 0) is 6.92 Å². The molecule has 14 heavy (non-hydrogen) atoms. The highest BCUT2D eigenvalue weighted by Gasteiger charge is 2.19. The van der Waals surface area contributed by atoms with Gasteiger partial charge in [-0.3, -0.25) is 4.79 Å². The Labute approximate surface area is 83.0 Å². The van der Waals surface area contributed by atoms with Gasteiger partial charge in [0.05, 0.1) is 13.2 Å². The second-order valence-electron chi connectivity index (χ2n) is 2.77. The van der Waals surface area contributed by atoms with Crippen LogP contribution in [0.2, 0.25) is 0 Å². The summed E-state index contributed by atoms with van der Waals surface area (Å²) in [6.07, 6.45) is 5.12. The van der Waals surface area contributed by atoms with Gasteiger partial charge >= 0.3 is 5.97 Å². The molecule has 78 valence electrons. The minimum Gasteiger partial charge on any atom is -0.467 e. The normalized spacial score (nSPS) is 13.6. The first kappa shape index (κ1) is 12.5. The summed E-state index contributed by atoms with van der Waals surface area (Å²) in [5, 5.41) is 2.38. The van der Waals surface area contributed by atoms with E-state index in [1.165, 1.54) is 14.0 Å². The molecule has 5 nitrogen and oxygen atoms in total. The molecule has 0 bridgehead atoms. The van der Waals surface area contributed by atoms with Crippen molar-refractivity contribution in [2.75, 3.05) is 7.11 Å². The molecular formula is C9H14N2O3. The molecule has 0 rings (SSSR count). The van der Waals surface area contributed by atoms with Crippen LogP contribution in [0.25, 0.3) is 0 Å². The molecule has 0 saturated carbocycles. The Morgan fingerprint density at radius 3 is 2.64 bits per heavy atom. The van der Waals surface area contributed by atoms with Crippen molar-refractivity contribution in [3.05, 3.63) is 0 Å². The van der Waals surface area contributed by atoms with Gasteiger partial charge in [-0.15, -0.1) is 12.3 Å². The second-order valence-corrected chi connectivity index (χ2v) is 2.77. The van der Waals surface area contributed by atoms with E-state index >= 15 is 0 Å². The van der Waals surface area contributed by atoms with Crippen LogP contribution >= 0.6 is 0 Å². The molecule has 0 aliphatic carbocycles. The zero-order valence-corrected chi connectivity index (χ0v) is 8.24. The molecule has 0 saturated heterocycles. The molecule has 0 spiro atoms. The molecule has 0 radical (unpaired) electrons. The Morgan fingerprint density at radius 2 is 2.21 bits per heavy atom. The highest BCUT2D eigenvalue weighted by atomic mass is 16.5. The average Bonchev–Trinajstić information content (AvgIpc) is 2.16. The van der Waals surface area contributed by atoms with Crippen molar-refractivity contribution in [2.45, 2.75) is 25.4 Å². The minimum atomic E-state index is -0.785. The summed E-state index contributed by atoms with van der Waals surface area (Å²) in [6.45, 7) is 1.51. The summed E-state index contributed by atoms with van der Waals surface area (Å²) >= 11 is 0. The van der Waals surface area contributed by atoms with Crippen LogP contribution in [-0.2, 0) is 14.3 Å². The quantitative estimate of drug-likeness (QED) is 0.449. The number of hydrogen-bond acceptors (Lipinski definition) is 4. The van der Waals surface area contributed by atoms with Crippen LogP contribution < -0.4 is 11.1 Å². The summed E-state index contributed by atoms with van der Waals surface area (Å²) in [5.41, 5.74) is 5.41. The summed E-state index contributed by atoms with van der Waals surface area (Å²) in [7, 11) is 1.24. The average molecular weight is 198 g/mol. The van der Waals surface area contributed by atoms with Gasteiger partial charge in [-0.1, -0.05) is 0 Å². The van der Waals surface area contributed by atoms with Crippen LogP contribution in [0.4, 0.5) is 0 Å². The lowest BCUT2D eigenvalue weighted by atomic mass is 10.2. The summed E-state index contributed by atoms with van der Waals surface area (Å²) in [6, 6.07) is -1.50. The van der Waals surface area contributed by atoms with E-state index in [1.54, 1.807) is 0 Å². The van der Waals surface area contributed by atoms with Gasteiger partial charge in [0, 0.05) is 6.42 Å². The van der Waals surface area contributed by atoms with E-state index in [2.05, 4.69) is 16.0 Å². The van der Waals surface area contributed by atoms with Gasteiger partial charge in [-0.2, -0.15) is 0 Å². The van der Waals surface area contributed by atoms with E-state index in [0.29, 0.717) is 0 Å². The lowest BCUT2D eigenvalue weighted by molar-refractivity contribution is -0.144. The zero-order valence-electron chi connectivity index (χ0n) is 8.24. The van der Waals surface area contributed by atoms with Crippen molar-refractivity contribution >= 4 is 11.9 Å². The Balaban J connectivity index is 4.06. The number of rotatable bonds is 4. The first-order valence-electron chi connectivity index (χ1n) is 4.10. The van der Waals surface area contributed by atoms with Crippen LogP contribution in [-0.4, -0.2) is 31.1 Å². The van der Waals surface area contributed by atoms with Gasteiger partial charge in [0.2, 0.25) is 5.91 Å². The topological polar surface area (TPSA) is 81.4 Å². The Kier molecular flexibility index (Phi) is 5.34. The predicted octanol–water partition coefficient (Wildman–Crippen LogP) is -0.985. The maximum Gasteiger partial charge on any atom is 0.328 e. The monoisotopic (exact) mass is 198 g/mol. The molecule has 1 unspecified atom stereocenters. The number of carbonyl (C=O) groups is 2. The lowest BCUT2D eigenvalue weighted by Crippen LogP contribution is -2.47. The molecule has 5 heteroatoms. The van der Waals surface area contributed by atoms with E-state index in [-0.39, 0.29) is 6.42 Å². The molecule has 1 amide bonds. The van der Waals surface area contributed by atoms with Crippen LogP contribution in [0.3, 0.4) is 0 Å². The van der Waals surface area contributed by atoms with E-state index in [0.717, 1.165) is 0 Å². The predicted molar refractivity (Wildman–Crippen MR) is 51.0 cm³/mol. The summed E-state index contributed by atoms with van der Waals surface area (Å²) in [5.74, 6) is 1.28. The van der Waals surface area contributed by atoms with E-state index in [9.17, 15) is 9.59 Å². The summed E-state index contributed by atoms with van der Waals surface area (Å²) < 4.78 is 4.42. The minimum absolute atomic E-state index is 0.139. The highest BCUT2D eigenvalue weighted by molar-refractivity contribution is 5.87. The molecule has 0 aromatic heterocycles. The van der Waals surface area contributed by atoms with Crippen molar-refractivity contribution < 1.29 is 14.3 Å². The van der Waals surface area contributed by atoms with Crippen LogP contribution in [0.1, 0.15) is 13.3 Å². The fourth-order valence-electron chi connectivity index (χ4n) is 0.776. The summed E-state index contributed by atoms with van der Waals surface area (Å²) in [4.78, 5) is 22.1. The Morgan fingerprint density at radius 1 is 1.64 bits per heavy atom. The van der Waals surface area contributed by atoms with Crippen molar-refractivity contribution in [1.82, 2.24) is 5.32 Å². The molecule has 0 aromatic carbocycles. The van der Waals surface area contributed by atoms with Crippen LogP contribution in [0, 0.1) is 12.3 Å². The van der Waals surface area contributed by atoms with E-state index in [4.69, 9.17) is 12.2 Å². The number of nitrogens with two attached hydrogens (primary N) is 1. The maximum absolute atomic E-state index is 11.2. The van der Waals surface area contributed by atoms with Gasteiger partial charge in [0.25, 0.3) is 0 Å². The van der Waals surface area contributed by atoms with Crippen LogP contribution in [0.15, 0.2) is 0 Å². The Hall–Kier alpha value is -1.54. The largest absolute Gasteiger partial charge is 0.467 e. The number of terminal acetylenes is 1. The Bertz CT molecular complexity index is 257. The van der Waals surface area contributed by atoms with Crippen molar-refractivity contribution in [3.8, 4) is 12.3 Å². The molecule has 0 fully saturated rings. The number of nitrogens with one attached hydrogen (secondary N) is 1. The zero-order chi connectivity index (χ0) is 11.1. The third-order valence-electron chi connectivity index (χ3n) is 1.59. The highest BCUT2D eigenvalue weighted by Crippen LogP contribution is 1.90. The van der Waals surface area contributed by atoms with Gasteiger partial charge in [0.1, 0.15) is 6.04 Å². The number of esters is 1. The van der Waals surface area contributed by atoms with Crippen molar-refractivity contribution in [1.29, 1.82) is 0 Å². The molecule has 0 heterocycles. The fourth-order valence-corrected chi connectivity index (χ4v) is 0.776. The SMILES string of the molecule is C#CCC(N)C(=O)N[C@@H](C)C(=O)OC. The smallest absolute Gasteiger partial charge is 0.328 e. The molecule has 2 atom stereocenters. The third-order valence-corrected chi connectivity index (χ3v) is 1.59. The number of methoxy groups -OCH3 is 1. The van der Waals surface area contributed by atoms with Crippen LogP contribution in [0.5, 0.6) is 0 Å². The molecular weight excluding hydrogens is 184 g/mol. The number of amides is 1. The van der Waals surface area contributed by atoms with E-state index < -0.39 is 24.0 Å². The lowest BCUT2D eigenvalue weighted by Gasteiger charge is -2.14. The second kappa shape index (κ2) is 6.00. The van der Waals surface area contributed by atoms with Gasteiger partial charge in [-0.25, -0.2) is 4.79 Å². The van der Waals surface area contributed by atoms with Gasteiger partial charge < -0.3 is 15.8 Å². The molecule has 0 aromatic rings. The molecule has 3 N–H and O–H groups in total. The maximum atomic E-state index is 11.2. The van der Waals surface area contributed by atoms with E-state index in [1.807, 2.05) is 0 Å². The first-order valence-corrected chi connectivity index (χ1v) is 4.10. The first-order chi connectivity index (χ1) is 6.52. The van der Waals surface area contributed by atoms with Crippen molar-refractivity contribution in [2.24, 2.45) is 5.73 Å². The van der Waals surface area contributed by atoms with Crippen molar-refractivity contribution in [3.63, 3.8) is 0 Å². The standard InChI is InChI=1S/C9H14N2O3/c1-4-5-7(10)8(12)11-6(2)9(13)14-3/h1,6-7H,5,10H2,2-3H3,(H,11,12)/t6-,7?/m0/s1. The molecule has 0 aliphatic heterocycles. The fraction of sp³-hybridized carbons (Fsp3) is 0.556.